The zero-order valence-corrected chi connectivity index (χ0v) is 16.3. The van der Waals surface area contributed by atoms with Crippen LogP contribution in [0, 0.1) is 0 Å². The number of carboxylic acid groups (broad SMARTS) is 1. The quantitative estimate of drug-likeness (QED) is 0.751. The van der Waals surface area contributed by atoms with Gasteiger partial charge in [-0.1, -0.05) is 54.1 Å². The minimum absolute atomic E-state index is 0.0768. The molecule has 0 saturated carbocycles. The molecule has 2 aromatic carbocycles. The predicted octanol–water partition coefficient (Wildman–Crippen LogP) is 4.53. The fraction of sp³-hybridized carbons (Fsp3) is 0.182. The van der Waals surface area contributed by atoms with Gasteiger partial charge in [-0.05, 0) is 30.2 Å². The van der Waals surface area contributed by atoms with Gasteiger partial charge in [0.25, 0.3) is 0 Å². The monoisotopic (exact) mass is 397 g/mol. The first-order valence-electron chi connectivity index (χ1n) is 8.75. The van der Waals surface area contributed by atoms with Crippen LogP contribution in [0.1, 0.15) is 30.0 Å². The summed E-state index contributed by atoms with van der Waals surface area (Å²) in [7, 11) is 1.28. The number of nitrogens with zero attached hydrogens (tertiary/aromatic N) is 1. The fourth-order valence-electron chi connectivity index (χ4n) is 3.31. The van der Waals surface area contributed by atoms with Crippen molar-refractivity contribution in [2.45, 2.75) is 18.9 Å². The third-order valence-corrected chi connectivity index (χ3v) is 5.01. The normalized spacial score (nSPS) is 17.4. The molecule has 6 heteroatoms. The van der Waals surface area contributed by atoms with Gasteiger partial charge >= 0.3 is 11.9 Å². The Hall–Kier alpha value is -3.05. The number of methoxy groups -OCH3 is 1. The van der Waals surface area contributed by atoms with Crippen molar-refractivity contribution < 1.29 is 19.4 Å². The van der Waals surface area contributed by atoms with Crippen LogP contribution < -0.4 is 0 Å². The highest BCUT2D eigenvalue weighted by molar-refractivity contribution is 6.30. The number of aliphatic carboxylic acids is 1. The van der Waals surface area contributed by atoms with E-state index in [4.69, 9.17) is 16.3 Å². The molecule has 0 amide bonds. The van der Waals surface area contributed by atoms with Gasteiger partial charge in [0.1, 0.15) is 0 Å². The van der Waals surface area contributed by atoms with Gasteiger partial charge in [0.15, 0.2) is 0 Å². The van der Waals surface area contributed by atoms with E-state index in [-0.39, 0.29) is 17.2 Å². The van der Waals surface area contributed by atoms with E-state index in [1.165, 1.54) is 7.11 Å². The summed E-state index contributed by atoms with van der Waals surface area (Å²) in [6, 6.07) is 16.3. The largest absolute Gasteiger partial charge is 0.478 e. The fourth-order valence-corrected chi connectivity index (χ4v) is 3.51. The van der Waals surface area contributed by atoms with Gasteiger partial charge in [0.05, 0.1) is 30.2 Å². The molecule has 144 valence electrons. The Morgan fingerprint density at radius 1 is 1.07 bits per heavy atom. The van der Waals surface area contributed by atoms with Crippen molar-refractivity contribution in [3.8, 4) is 0 Å². The molecule has 0 aromatic heterocycles. The number of hydrogen-bond acceptors (Lipinski definition) is 4. The molecule has 2 unspecified atom stereocenters. The van der Waals surface area contributed by atoms with E-state index in [9.17, 15) is 14.7 Å². The Bertz CT molecular complexity index is 952. The van der Waals surface area contributed by atoms with Gasteiger partial charge in [-0.3, -0.25) is 0 Å². The van der Waals surface area contributed by atoms with E-state index in [1.54, 1.807) is 41.6 Å². The Labute approximate surface area is 168 Å². The maximum Gasteiger partial charge on any atom is 0.336 e. The summed E-state index contributed by atoms with van der Waals surface area (Å²) in [5, 5.41) is 10.3. The Balaban J connectivity index is 2.12. The van der Waals surface area contributed by atoms with Crippen molar-refractivity contribution >= 4 is 23.5 Å². The van der Waals surface area contributed by atoms with Crippen LogP contribution in [-0.4, -0.2) is 29.1 Å². The lowest BCUT2D eigenvalue weighted by Crippen LogP contribution is -2.29. The van der Waals surface area contributed by atoms with E-state index >= 15 is 0 Å². The molecule has 1 N–H and O–H groups in total. The number of carbonyl (C=O) groups is 2. The maximum atomic E-state index is 12.5. The second-order valence-corrected chi connectivity index (χ2v) is 6.92. The summed E-state index contributed by atoms with van der Waals surface area (Å²) in [4.78, 5) is 26.3. The molecule has 5 nitrogen and oxygen atoms in total. The molecule has 1 aliphatic heterocycles. The SMILES string of the molecule is COC(=O)C1=CN(C(C)c2ccccc2)C=C(C(=O)O)C1c1cccc(Cl)c1. The highest BCUT2D eigenvalue weighted by Gasteiger charge is 2.35. The molecule has 0 radical (unpaired) electrons. The van der Waals surface area contributed by atoms with Crippen LogP contribution in [0.5, 0.6) is 0 Å². The van der Waals surface area contributed by atoms with E-state index in [2.05, 4.69) is 0 Å². The predicted molar refractivity (Wildman–Crippen MR) is 107 cm³/mol. The molecular weight excluding hydrogens is 378 g/mol. The first kappa shape index (κ1) is 19.7. The molecule has 3 rings (SSSR count). The first-order chi connectivity index (χ1) is 13.4. The van der Waals surface area contributed by atoms with Gasteiger partial charge in [-0.15, -0.1) is 0 Å². The van der Waals surface area contributed by atoms with Crippen LogP contribution in [0.15, 0.2) is 78.1 Å². The van der Waals surface area contributed by atoms with E-state index in [1.807, 2.05) is 37.3 Å². The average Bonchev–Trinajstić information content (AvgIpc) is 2.72. The van der Waals surface area contributed by atoms with Gasteiger partial charge < -0.3 is 14.7 Å². The molecule has 0 bridgehead atoms. The zero-order chi connectivity index (χ0) is 20.3. The van der Waals surface area contributed by atoms with Crippen molar-refractivity contribution in [1.29, 1.82) is 0 Å². The van der Waals surface area contributed by atoms with Crippen LogP contribution in [0.2, 0.25) is 5.02 Å². The lowest BCUT2D eigenvalue weighted by Gasteiger charge is -2.33. The maximum absolute atomic E-state index is 12.5. The minimum atomic E-state index is -1.11. The van der Waals surface area contributed by atoms with E-state index < -0.39 is 17.9 Å². The Kier molecular flexibility index (Phi) is 5.85. The smallest absolute Gasteiger partial charge is 0.336 e. The van der Waals surface area contributed by atoms with E-state index in [0.29, 0.717) is 10.6 Å². The number of rotatable bonds is 5. The standard InChI is InChI=1S/C22H20ClNO4/c1-14(15-7-4-3-5-8-15)24-12-18(21(25)26)20(19(13-24)22(27)28-2)16-9-6-10-17(23)11-16/h3-14,20H,1-2H3,(H,25,26). The Morgan fingerprint density at radius 2 is 1.75 bits per heavy atom. The first-order valence-corrected chi connectivity index (χ1v) is 9.13. The van der Waals surface area contributed by atoms with E-state index in [0.717, 1.165) is 5.56 Å². The van der Waals surface area contributed by atoms with Gasteiger partial charge in [-0.2, -0.15) is 0 Å². The highest BCUT2D eigenvalue weighted by atomic mass is 35.5. The van der Waals surface area contributed by atoms with Crippen molar-refractivity contribution in [3.63, 3.8) is 0 Å². The molecule has 2 atom stereocenters. The highest BCUT2D eigenvalue weighted by Crippen LogP contribution is 2.39. The van der Waals surface area contributed by atoms with Gasteiger partial charge in [0, 0.05) is 17.4 Å². The van der Waals surface area contributed by atoms with Gasteiger partial charge in [-0.25, -0.2) is 9.59 Å². The summed E-state index contributed by atoms with van der Waals surface area (Å²) in [6.07, 6.45) is 3.22. The van der Waals surface area contributed by atoms with Crippen LogP contribution >= 0.6 is 11.6 Å². The second kappa shape index (κ2) is 8.31. The minimum Gasteiger partial charge on any atom is -0.478 e. The molecule has 1 aliphatic rings. The van der Waals surface area contributed by atoms with Crippen LogP contribution in [-0.2, 0) is 14.3 Å². The average molecular weight is 398 g/mol. The molecule has 0 spiro atoms. The molecule has 28 heavy (non-hydrogen) atoms. The van der Waals surface area contributed by atoms with Crippen LogP contribution in [0.4, 0.5) is 0 Å². The van der Waals surface area contributed by atoms with Crippen molar-refractivity contribution in [2.75, 3.05) is 7.11 Å². The molecule has 0 fully saturated rings. The third kappa shape index (κ3) is 3.94. The number of hydrogen-bond donors (Lipinski definition) is 1. The molecular formula is C22H20ClNO4. The number of carbonyl (C=O) groups excluding carboxylic acids is 1. The number of carboxylic acids is 1. The summed E-state index contributed by atoms with van der Waals surface area (Å²) >= 11 is 6.10. The lowest BCUT2D eigenvalue weighted by molar-refractivity contribution is -0.136. The van der Waals surface area contributed by atoms with Gasteiger partial charge in [0.2, 0.25) is 0 Å². The van der Waals surface area contributed by atoms with Crippen LogP contribution in [0.3, 0.4) is 0 Å². The molecule has 0 aliphatic carbocycles. The third-order valence-electron chi connectivity index (χ3n) is 4.78. The topological polar surface area (TPSA) is 66.8 Å². The summed E-state index contributed by atoms with van der Waals surface area (Å²) in [6.45, 7) is 1.94. The zero-order valence-electron chi connectivity index (χ0n) is 15.5. The molecule has 1 heterocycles. The molecule has 0 saturated heterocycles. The molecule has 2 aromatic rings. The van der Waals surface area contributed by atoms with Crippen molar-refractivity contribution in [3.05, 3.63) is 94.3 Å². The summed E-state index contributed by atoms with van der Waals surface area (Å²) < 4.78 is 4.95. The lowest BCUT2D eigenvalue weighted by atomic mass is 9.83. The van der Waals surface area contributed by atoms with Crippen LogP contribution in [0.25, 0.3) is 0 Å². The summed E-state index contributed by atoms with van der Waals surface area (Å²) in [5.41, 5.74) is 1.93. The van der Waals surface area contributed by atoms with Crippen molar-refractivity contribution in [2.24, 2.45) is 0 Å². The summed E-state index contributed by atoms with van der Waals surface area (Å²) in [5.74, 6) is -2.46. The number of ether oxygens (including phenoxy) is 1. The number of halogens is 1. The number of esters is 1. The Morgan fingerprint density at radius 3 is 2.36 bits per heavy atom. The second-order valence-electron chi connectivity index (χ2n) is 6.49. The number of benzene rings is 2. The van der Waals surface area contributed by atoms with Crippen molar-refractivity contribution in [1.82, 2.24) is 4.90 Å².